The van der Waals surface area contributed by atoms with E-state index in [1.807, 2.05) is 0 Å². The second-order valence-corrected chi connectivity index (χ2v) is 3.18. The highest BCUT2D eigenvalue weighted by Crippen LogP contribution is 1.94. The molecule has 15 heavy (non-hydrogen) atoms. The standard InChI is InChI=1S/C9H16N4O2/c1-7-12-8(13-15-7)6-11-5-3-4-9(14)10-2/h11H,3-6H2,1-2H3,(H,10,14). The minimum atomic E-state index is 0.0622. The van der Waals surface area contributed by atoms with E-state index in [-0.39, 0.29) is 5.91 Å². The lowest BCUT2D eigenvalue weighted by atomic mass is 10.3. The summed E-state index contributed by atoms with van der Waals surface area (Å²) in [5.74, 6) is 1.27. The van der Waals surface area contributed by atoms with Crippen LogP contribution in [-0.4, -0.2) is 29.6 Å². The number of carbonyl (C=O) groups excluding carboxylic acids is 1. The number of hydrogen-bond donors (Lipinski definition) is 2. The Balaban J connectivity index is 2.05. The van der Waals surface area contributed by atoms with Gasteiger partial charge in [-0.15, -0.1) is 0 Å². The second kappa shape index (κ2) is 6.13. The van der Waals surface area contributed by atoms with Crippen molar-refractivity contribution in [2.24, 2.45) is 0 Å². The molecule has 0 aliphatic heterocycles. The minimum absolute atomic E-state index is 0.0622. The Kier molecular flexibility index (Phi) is 4.76. The smallest absolute Gasteiger partial charge is 0.223 e. The molecule has 0 radical (unpaired) electrons. The van der Waals surface area contributed by atoms with Gasteiger partial charge in [0.1, 0.15) is 0 Å². The lowest BCUT2D eigenvalue weighted by Crippen LogP contribution is -2.21. The fourth-order valence-corrected chi connectivity index (χ4v) is 1.11. The Morgan fingerprint density at radius 3 is 2.93 bits per heavy atom. The van der Waals surface area contributed by atoms with Crippen molar-refractivity contribution in [3.63, 3.8) is 0 Å². The maximum absolute atomic E-state index is 10.9. The van der Waals surface area contributed by atoms with Gasteiger partial charge in [-0.2, -0.15) is 4.98 Å². The van der Waals surface area contributed by atoms with Crippen molar-refractivity contribution < 1.29 is 9.32 Å². The van der Waals surface area contributed by atoms with Crippen LogP contribution in [0.2, 0.25) is 0 Å². The van der Waals surface area contributed by atoms with Crippen molar-refractivity contribution in [2.45, 2.75) is 26.3 Å². The molecule has 84 valence electrons. The summed E-state index contributed by atoms with van der Waals surface area (Å²) in [6.45, 7) is 3.09. The molecule has 0 aliphatic rings. The SMILES string of the molecule is CNC(=O)CCCNCc1noc(C)n1. The van der Waals surface area contributed by atoms with Crippen LogP contribution in [0.1, 0.15) is 24.6 Å². The van der Waals surface area contributed by atoms with Gasteiger partial charge >= 0.3 is 0 Å². The van der Waals surface area contributed by atoms with Gasteiger partial charge in [0.2, 0.25) is 11.8 Å². The molecule has 1 heterocycles. The Morgan fingerprint density at radius 2 is 2.33 bits per heavy atom. The van der Waals surface area contributed by atoms with Crippen LogP contribution in [0.3, 0.4) is 0 Å². The summed E-state index contributed by atoms with van der Waals surface area (Å²) in [6, 6.07) is 0. The highest BCUT2D eigenvalue weighted by Gasteiger charge is 2.01. The third kappa shape index (κ3) is 4.55. The Bertz CT molecular complexity index is 311. The van der Waals surface area contributed by atoms with Gasteiger partial charge in [0.15, 0.2) is 5.82 Å². The van der Waals surface area contributed by atoms with E-state index in [0.717, 1.165) is 13.0 Å². The first-order valence-corrected chi connectivity index (χ1v) is 4.93. The summed E-state index contributed by atoms with van der Waals surface area (Å²) < 4.78 is 4.81. The maximum Gasteiger partial charge on any atom is 0.223 e. The fourth-order valence-electron chi connectivity index (χ4n) is 1.11. The molecular formula is C9H16N4O2. The van der Waals surface area contributed by atoms with Crippen LogP contribution in [0.5, 0.6) is 0 Å². The summed E-state index contributed by atoms with van der Waals surface area (Å²) in [7, 11) is 1.64. The number of rotatable bonds is 6. The predicted molar refractivity (Wildman–Crippen MR) is 54.0 cm³/mol. The molecule has 0 aliphatic carbocycles. The van der Waals surface area contributed by atoms with Gasteiger partial charge in [-0.05, 0) is 13.0 Å². The normalized spacial score (nSPS) is 10.3. The third-order valence-corrected chi connectivity index (χ3v) is 1.89. The monoisotopic (exact) mass is 212 g/mol. The van der Waals surface area contributed by atoms with Crippen LogP contribution in [-0.2, 0) is 11.3 Å². The van der Waals surface area contributed by atoms with E-state index in [2.05, 4.69) is 20.8 Å². The molecule has 6 nitrogen and oxygen atoms in total. The summed E-state index contributed by atoms with van der Waals surface area (Å²) in [5.41, 5.74) is 0. The van der Waals surface area contributed by atoms with Crippen LogP contribution < -0.4 is 10.6 Å². The van der Waals surface area contributed by atoms with Crippen LogP contribution in [0.15, 0.2) is 4.52 Å². The molecule has 1 amide bonds. The molecule has 0 atom stereocenters. The first-order valence-electron chi connectivity index (χ1n) is 4.93. The molecule has 0 aromatic carbocycles. The van der Waals surface area contributed by atoms with Crippen molar-refractivity contribution >= 4 is 5.91 Å². The first-order chi connectivity index (χ1) is 7.22. The fraction of sp³-hybridized carbons (Fsp3) is 0.667. The van der Waals surface area contributed by atoms with E-state index >= 15 is 0 Å². The largest absolute Gasteiger partial charge is 0.359 e. The van der Waals surface area contributed by atoms with E-state index in [4.69, 9.17) is 4.52 Å². The second-order valence-electron chi connectivity index (χ2n) is 3.18. The Hall–Kier alpha value is -1.43. The zero-order chi connectivity index (χ0) is 11.1. The molecule has 2 N–H and O–H groups in total. The third-order valence-electron chi connectivity index (χ3n) is 1.89. The number of amides is 1. The Labute approximate surface area is 88.4 Å². The van der Waals surface area contributed by atoms with E-state index in [1.165, 1.54) is 0 Å². The van der Waals surface area contributed by atoms with E-state index in [1.54, 1.807) is 14.0 Å². The Morgan fingerprint density at radius 1 is 1.53 bits per heavy atom. The molecule has 0 saturated heterocycles. The molecular weight excluding hydrogens is 196 g/mol. The van der Waals surface area contributed by atoms with Gasteiger partial charge in [-0.3, -0.25) is 4.79 Å². The van der Waals surface area contributed by atoms with Crippen LogP contribution in [0, 0.1) is 6.92 Å². The quantitative estimate of drug-likeness (QED) is 0.648. The number of hydrogen-bond acceptors (Lipinski definition) is 5. The van der Waals surface area contributed by atoms with Gasteiger partial charge in [-0.25, -0.2) is 0 Å². The van der Waals surface area contributed by atoms with Crippen LogP contribution in [0.4, 0.5) is 0 Å². The summed E-state index contributed by atoms with van der Waals surface area (Å²) in [6.07, 6.45) is 1.34. The summed E-state index contributed by atoms with van der Waals surface area (Å²) in [4.78, 5) is 14.9. The minimum Gasteiger partial charge on any atom is -0.359 e. The molecule has 1 aromatic heterocycles. The molecule has 1 rings (SSSR count). The van der Waals surface area contributed by atoms with Crippen molar-refractivity contribution in [3.05, 3.63) is 11.7 Å². The molecule has 0 spiro atoms. The van der Waals surface area contributed by atoms with E-state index in [0.29, 0.717) is 24.7 Å². The van der Waals surface area contributed by atoms with Crippen LogP contribution >= 0.6 is 0 Å². The van der Waals surface area contributed by atoms with Gasteiger partial charge in [0.25, 0.3) is 0 Å². The number of nitrogens with one attached hydrogen (secondary N) is 2. The topological polar surface area (TPSA) is 80.0 Å². The van der Waals surface area contributed by atoms with Crippen molar-refractivity contribution in [1.82, 2.24) is 20.8 Å². The molecule has 0 bridgehead atoms. The van der Waals surface area contributed by atoms with E-state index in [9.17, 15) is 4.79 Å². The number of nitrogens with zero attached hydrogens (tertiary/aromatic N) is 2. The lowest BCUT2D eigenvalue weighted by Gasteiger charge is -2.00. The van der Waals surface area contributed by atoms with Crippen molar-refractivity contribution in [3.8, 4) is 0 Å². The van der Waals surface area contributed by atoms with Crippen LogP contribution in [0.25, 0.3) is 0 Å². The van der Waals surface area contributed by atoms with Gasteiger partial charge < -0.3 is 15.2 Å². The summed E-state index contributed by atoms with van der Waals surface area (Å²) >= 11 is 0. The molecule has 0 fully saturated rings. The average molecular weight is 212 g/mol. The number of carbonyl (C=O) groups is 1. The molecule has 6 heteroatoms. The van der Waals surface area contributed by atoms with Crippen molar-refractivity contribution in [1.29, 1.82) is 0 Å². The van der Waals surface area contributed by atoms with E-state index < -0.39 is 0 Å². The van der Waals surface area contributed by atoms with Gasteiger partial charge in [-0.1, -0.05) is 5.16 Å². The molecule has 0 saturated carbocycles. The lowest BCUT2D eigenvalue weighted by molar-refractivity contribution is -0.120. The highest BCUT2D eigenvalue weighted by atomic mass is 16.5. The highest BCUT2D eigenvalue weighted by molar-refractivity contribution is 5.75. The van der Waals surface area contributed by atoms with Gasteiger partial charge in [0.05, 0.1) is 6.54 Å². The van der Waals surface area contributed by atoms with Gasteiger partial charge in [0, 0.05) is 20.4 Å². The maximum atomic E-state index is 10.9. The van der Waals surface area contributed by atoms with Crippen molar-refractivity contribution in [2.75, 3.05) is 13.6 Å². The number of aromatic nitrogens is 2. The predicted octanol–water partition coefficient (Wildman–Crippen LogP) is -0.00618. The average Bonchev–Trinajstić information content (AvgIpc) is 2.63. The number of aryl methyl sites for hydroxylation is 1. The zero-order valence-corrected chi connectivity index (χ0v) is 9.04. The molecule has 1 aromatic rings. The molecule has 0 unspecified atom stereocenters. The first kappa shape index (κ1) is 11.6. The summed E-state index contributed by atoms with van der Waals surface area (Å²) in [5, 5.41) is 9.44. The zero-order valence-electron chi connectivity index (χ0n) is 9.04.